The molecule has 0 aliphatic carbocycles. The lowest BCUT2D eigenvalue weighted by atomic mass is 10.0. The van der Waals surface area contributed by atoms with E-state index in [0.717, 1.165) is 35.4 Å². The van der Waals surface area contributed by atoms with E-state index < -0.39 is 0 Å². The Bertz CT molecular complexity index is 1030. The summed E-state index contributed by atoms with van der Waals surface area (Å²) in [5.41, 5.74) is 3.99. The van der Waals surface area contributed by atoms with Crippen LogP contribution in [0.4, 0.5) is 5.69 Å². The van der Waals surface area contributed by atoms with Crippen molar-refractivity contribution in [3.8, 4) is 0 Å². The summed E-state index contributed by atoms with van der Waals surface area (Å²) in [6, 6.07) is 15.9. The van der Waals surface area contributed by atoms with E-state index in [1.807, 2.05) is 54.6 Å². The molecule has 1 aliphatic rings. The molecule has 8 nitrogen and oxygen atoms in total. The first-order valence-electron chi connectivity index (χ1n) is 13.4. The standard InChI is InChI=1S/C30H40N2O6/c1-2-16-35-18-20-37-22-23-38-21-19-36-17-15-31-29(33)13-14-30(34)32-24-27-9-4-3-7-25(27)11-12-26-8-5-6-10-28(26)32/h3-12H,2,13-24H2,1H3,(H,31,33)/b12-11-. The van der Waals surface area contributed by atoms with Gasteiger partial charge in [-0.3, -0.25) is 9.59 Å². The lowest BCUT2D eigenvalue weighted by Gasteiger charge is -2.27. The third kappa shape index (κ3) is 10.4. The van der Waals surface area contributed by atoms with E-state index in [0.29, 0.717) is 59.3 Å². The molecule has 2 aromatic carbocycles. The predicted molar refractivity (Wildman–Crippen MR) is 149 cm³/mol. The van der Waals surface area contributed by atoms with Gasteiger partial charge >= 0.3 is 0 Å². The van der Waals surface area contributed by atoms with Gasteiger partial charge in [-0.2, -0.15) is 0 Å². The molecule has 0 saturated heterocycles. The molecule has 0 bridgehead atoms. The fourth-order valence-corrected chi connectivity index (χ4v) is 3.99. The minimum Gasteiger partial charge on any atom is -0.379 e. The van der Waals surface area contributed by atoms with E-state index in [1.54, 1.807) is 4.90 Å². The number of nitrogens with one attached hydrogen (secondary N) is 1. The van der Waals surface area contributed by atoms with Crippen LogP contribution in [0.3, 0.4) is 0 Å². The smallest absolute Gasteiger partial charge is 0.227 e. The molecule has 0 atom stereocenters. The average Bonchev–Trinajstić information content (AvgIpc) is 2.93. The largest absolute Gasteiger partial charge is 0.379 e. The highest BCUT2D eigenvalue weighted by molar-refractivity contribution is 5.98. The molecule has 0 fully saturated rings. The molecular formula is C30H40N2O6. The number of carbonyl (C=O) groups is 2. The van der Waals surface area contributed by atoms with Crippen molar-refractivity contribution in [1.82, 2.24) is 5.32 Å². The second kappa shape index (κ2) is 17.5. The zero-order valence-corrected chi connectivity index (χ0v) is 22.4. The van der Waals surface area contributed by atoms with E-state index in [9.17, 15) is 9.59 Å². The topological polar surface area (TPSA) is 86.3 Å². The Kier molecular flexibility index (Phi) is 13.6. The van der Waals surface area contributed by atoms with Crippen LogP contribution in [-0.2, 0) is 35.1 Å². The molecule has 0 aromatic heterocycles. The quantitative estimate of drug-likeness (QED) is 0.314. The van der Waals surface area contributed by atoms with Gasteiger partial charge in [-0.1, -0.05) is 61.5 Å². The van der Waals surface area contributed by atoms with E-state index in [4.69, 9.17) is 18.9 Å². The molecule has 1 N–H and O–H groups in total. The predicted octanol–water partition coefficient (Wildman–Crippen LogP) is 4.08. The van der Waals surface area contributed by atoms with Gasteiger partial charge in [-0.25, -0.2) is 0 Å². The minimum absolute atomic E-state index is 0.0800. The van der Waals surface area contributed by atoms with Crippen LogP contribution in [0.1, 0.15) is 42.9 Å². The summed E-state index contributed by atoms with van der Waals surface area (Å²) in [5, 5.41) is 2.82. The van der Waals surface area contributed by atoms with Gasteiger partial charge < -0.3 is 29.2 Å². The Labute approximate surface area is 225 Å². The van der Waals surface area contributed by atoms with E-state index >= 15 is 0 Å². The lowest BCUT2D eigenvalue weighted by Crippen LogP contribution is -2.33. The Morgan fingerprint density at radius 3 is 2.03 bits per heavy atom. The monoisotopic (exact) mass is 524 g/mol. The first-order chi connectivity index (χ1) is 18.7. The molecular weight excluding hydrogens is 484 g/mol. The first-order valence-corrected chi connectivity index (χ1v) is 13.4. The molecule has 2 amide bonds. The summed E-state index contributed by atoms with van der Waals surface area (Å²) >= 11 is 0. The van der Waals surface area contributed by atoms with Gasteiger partial charge in [0.2, 0.25) is 11.8 Å². The van der Waals surface area contributed by atoms with Crippen molar-refractivity contribution in [2.75, 3.05) is 64.3 Å². The number of hydrogen-bond acceptors (Lipinski definition) is 6. The third-order valence-electron chi connectivity index (χ3n) is 5.95. The molecule has 0 saturated carbocycles. The number of anilines is 1. The maximum atomic E-state index is 13.2. The summed E-state index contributed by atoms with van der Waals surface area (Å²) in [4.78, 5) is 27.3. The maximum absolute atomic E-state index is 13.2. The Balaban J connectivity index is 1.29. The highest BCUT2D eigenvalue weighted by Gasteiger charge is 2.21. The molecule has 0 radical (unpaired) electrons. The van der Waals surface area contributed by atoms with Crippen LogP contribution in [0.15, 0.2) is 48.5 Å². The molecule has 2 aromatic rings. The number of rotatable bonds is 17. The minimum atomic E-state index is -0.168. The van der Waals surface area contributed by atoms with Crippen LogP contribution in [0.25, 0.3) is 12.2 Å². The molecule has 8 heteroatoms. The number of para-hydroxylation sites is 1. The number of ether oxygens (including phenoxy) is 4. The van der Waals surface area contributed by atoms with Crippen LogP contribution in [0.2, 0.25) is 0 Å². The third-order valence-corrected chi connectivity index (χ3v) is 5.95. The second-order valence-electron chi connectivity index (χ2n) is 8.87. The molecule has 3 rings (SSSR count). The van der Waals surface area contributed by atoms with E-state index in [-0.39, 0.29) is 24.7 Å². The zero-order valence-electron chi connectivity index (χ0n) is 22.4. The van der Waals surface area contributed by atoms with Gasteiger partial charge in [-0.15, -0.1) is 0 Å². The van der Waals surface area contributed by atoms with Gasteiger partial charge in [0.25, 0.3) is 0 Å². The number of hydrogen-bond donors (Lipinski definition) is 1. The van der Waals surface area contributed by atoms with Gasteiger partial charge in [0.15, 0.2) is 0 Å². The van der Waals surface area contributed by atoms with Crippen LogP contribution < -0.4 is 10.2 Å². The molecule has 38 heavy (non-hydrogen) atoms. The van der Waals surface area contributed by atoms with Gasteiger partial charge in [0.1, 0.15) is 0 Å². The van der Waals surface area contributed by atoms with Gasteiger partial charge in [0, 0.05) is 26.0 Å². The van der Waals surface area contributed by atoms with Crippen molar-refractivity contribution in [3.05, 3.63) is 65.2 Å². The summed E-state index contributed by atoms with van der Waals surface area (Å²) in [5.74, 6) is -0.248. The summed E-state index contributed by atoms with van der Waals surface area (Å²) in [7, 11) is 0. The van der Waals surface area contributed by atoms with Crippen molar-refractivity contribution in [3.63, 3.8) is 0 Å². The van der Waals surface area contributed by atoms with Crippen LogP contribution in [0.5, 0.6) is 0 Å². The number of benzene rings is 2. The van der Waals surface area contributed by atoms with E-state index in [1.165, 1.54) is 0 Å². The van der Waals surface area contributed by atoms with Crippen molar-refractivity contribution < 1.29 is 28.5 Å². The Morgan fingerprint density at radius 2 is 1.32 bits per heavy atom. The number of carbonyl (C=O) groups excluding carboxylic acids is 2. The van der Waals surface area contributed by atoms with Crippen LogP contribution >= 0.6 is 0 Å². The molecule has 0 spiro atoms. The number of nitrogens with zero attached hydrogens (tertiary/aromatic N) is 1. The number of fused-ring (bicyclic) bond motifs is 2. The van der Waals surface area contributed by atoms with Crippen LogP contribution in [0, 0.1) is 0 Å². The van der Waals surface area contributed by atoms with E-state index in [2.05, 4.69) is 18.3 Å². The first kappa shape index (κ1) is 29.5. The SMILES string of the molecule is CCCOCCOCCOCCOCCNC(=O)CCC(=O)N1Cc2ccccc2/C=C\c2ccccc21. The fraction of sp³-hybridized carbons (Fsp3) is 0.467. The zero-order chi connectivity index (χ0) is 26.8. The molecule has 206 valence electrons. The van der Waals surface area contributed by atoms with Gasteiger partial charge in [-0.05, 0) is 29.2 Å². The average molecular weight is 525 g/mol. The fourth-order valence-electron chi connectivity index (χ4n) is 3.99. The normalized spacial score (nSPS) is 13.2. The van der Waals surface area contributed by atoms with Crippen molar-refractivity contribution >= 4 is 29.7 Å². The number of amides is 2. The molecule has 1 aliphatic heterocycles. The molecule has 0 unspecified atom stereocenters. The Morgan fingerprint density at radius 1 is 0.737 bits per heavy atom. The van der Waals surface area contributed by atoms with Crippen molar-refractivity contribution in [2.45, 2.75) is 32.7 Å². The summed E-state index contributed by atoms with van der Waals surface area (Å²) in [6.07, 6.45) is 5.38. The lowest BCUT2D eigenvalue weighted by molar-refractivity contribution is -0.125. The highest BCUT2D eigenvalue weighted by Crippen LogP contribution is 2.29. The van der Waals surface area contributed by atoms with Crippen molar-refractivity contribution in [2.24, 2.45) is 0 Å². The summed E-state index contributed by atoms with van der Waals surface area (Å²) in [6.45, 7) is 7.19. The summed E-state index contributed by atoms with van der Waals surface area (Å²) < 4.78 is 21.7. The second-order valence-corrected chi connectivity index (χ2v) is 8.87. The van der Waals surface area contributed by atoms with Crippen LogP contribution in [-0.4, -0.2) is 71.2 Å². The molecule has 1 heterocycles. The maximum Gasteiger partial charge on any atom is 0.227 e. The van der Waals surface area contributed by atoms with Crippen molar-refractivity contribution in [1.29, 1.82) is 0 Å². The highest BCUT2D eigenvalue weighted by atomic mass is 16.6. The van der Waals surface area contributed by atoms with Gasteiger partial charge in [0.05, 0.1) is 58.5 Å². The Hall–Kier alpha value is -3.04.